The first-order valence-electron chi connectivity index (χ1n) is 8.36. The third kappa shape index (κ3) is 5.15. The molecule has 1 aliphatic heterocycles. The van der Waals surface area contributed by atoms with Crippen LogP contribution in [-0.4, -0.2) is 27.6 Å². The number of benzene rings is 2. The molecule has 1 aliphatic rings. The fraction of sp³-hybridized carbons (Fsp3) is 0.0952. The Morgan fingerprint density at radius 1 is 1.19 bits per heavy atom. The number of thioether (sulfide) groups is 1. The molecule has 6 heteroatoms. The number of amides is 2. The van der Waals surface area contributed by atoms with Gasteiger partial charge >= 0.3 is 0 Å². The van der Waals surface area contributed by atoms with Crippen LogP contribution in [-0.2, 0) is 9.59 Å². The number of nitrogens with zero attached hydrogens (tertiary/aromatic N) is 1. The van der Waals surface area contributed by atoms with Crippen molar-refractivity contribution in [1.82, 2.24) is 4.90 Å². The lowest BCUT2D eigenvalue weighted by atomic mass is 10.2. The summed E-state index contributed by atoms with van der Waals surface area (Å²) in [5.41, 5.74) is 2.79. The number of hydrogen-bond donors (Lipinski definition) is 1. The molecule has 4 nitrogen and oxygen atoms in total. The number of nitrogens with one attached hydrogen (secondary N) is 1. The van der Waals surface area contributed by atoms with Gasteiger partial charge in [0.1, 0.15) is 10.9 Å². The molecular weight excluding hydrogens is 376 g/mol. The van der Waals surface area contributed by atoms with E-state index in [9.17, 15) is 9.59 Å². The fourth-order valence-corrected chi connectivity index (χ4v) is 3.73. The van der Waals surface area contributed by atoms with E-state index in [0.29, 0.717) is 14.9 Å². The van der Waals surface area contributed by atoms with Gasteiger partial charge in [0.15, 0.2) is 0 Å². The normalized spacial score (nSPS) is 15.7. The van der Waals surface area contributed by atoms with Gasteiger partial charge in [-0.15, -0.1) is 0 Å². The molecule has 1 heterocycles. The van der Waals surface area contributed by atoms with Crippen molar-refractivity contribution in [3.63, 3.8) is 0 Å². The van der Waals surface area contributed by atoms with E-state index in [2.05, 4.69) is 5.32 Å². The van der Waals surface area contributed by atoms with Crippen LogP contribution in [0.25, 0.3) is 6.08 Å². The molecule has 27 heavy (non-hydrogen) atoms. The van der Waals surface area contributed by atoms with Crippen LogP contribution in [0.3, 0.4) is 0 Å². The predicted octanol–water partition coefficient (Wildman–Crippen LogP) is 4.39. The standard InChI is InChI=1S/C21H18N2O2S2/c1-15-7-5-11-17(13-15)22-19(24)14-23-20(25)18(27-21(23)26)12-6-10-16-8-3-2-4-9-16/h2-13H,14H2,1H3,(H,22,24)/b10-6+,18-12+. The number of hydrogen-bond acceptors (Lipinski definition) is 4. The van der Waals surface area contributed by atoms with Gasteiger partial charge in [0.05, 0.1) is 4.91 Å². The van der Waals surface area contributed by atoms with E-state index in [1.165, 1.54) is 16.7 Å². The molecule has 2 aromatic carbocycles. The summed E-state index contributed by atoms with van der Waals surface area (Å²) >= 11 is 6.47. The van der Waals surface area contributed by atoms with E-state index < -0.39 is 0 Å². The van der Waals surface area contributed by atoms with Gasteiger partial charge in [0, 0.05) is 5.69 Å². The van der Waals surface area contributed by atoms with Crippen LogP contribution in [0.5, 0.6) is 0 Å². The maximum atomic E-state index is 12.5. The van der Waals surface area contributed by atoms with Gasteiger partial charge in [0.25, 0.3) is 5.91 Å². The Balaban J connectivity index is 1.62. The van der Waals surface area contributed by atoms with Gasteiger partial charge in [-0.25, -0.2) is 0 Å². The zero-order valence-electron chi connectivity index (χ0n) is 14.7. The molecule has 0 bridgehead atoms. The molecule has 1 N–H and O–H groups in total. The van der Waals surface area contributed by atoms with E-state index in [1.807, 2.05) is 73.7 Å². The molecule has 2 amide bonds. The summed E-state index contributed by atoms with van der Waals surface area (Å²) in [4.78, 5) is 26.6. The van der Waals surface area contributed by atoms with Crippen LogP contribution in [0.1, 0.15) is 11.1 Å². The summed E-state index contributed by atoms with van der Waals surface area (Å²) in [7, 11) is 0. The molecule has 0 unspecified atom stereocenters. The monoisotopic (exact) mass is 394 g/mol. The van der Waals surface area contributed by atoms with Crippen LogP contribution in [0.4, 0.5) is 5.69 Å². The van der Waals surface area contributed by atoms with E-state index in [1.54, 1.807) is 6.08 Å². The highest BCUT2D eigenvalue weighted by Crippen LogP contribution is 2.30. The Bertz CT molecular complexity index is 936. The summed E-state index contributed by atoms with van der Waals surface area (Å²) in [5.74, 6) is -0.528. The lowest BCUT2D eigenvalue weighted by molar-refractivity contribution is -0.126. The minimum Gasteiger partial charge on any atom is -0.325 e. The van der Waals surface area contributed by atoms with Crippen LogP contribution in [0.2, 0.25) is 0 Å². The third-order valence-corrected chi connectivity index (χ3v) is 5.21. The number of allylic oxidation sites excluding steroid dienone is 2. The van der Waals surface area contributed by atoms with E-state index >= 15 is 0 Å². The van der Waals surface area contributed by atoms with Crippen LogP contribution in [0, 0.1) is 6.92 Å². The van der Waals surface area contributed by atoms with Crippen molar-refractivity contribution in [3.8, 4) is 0 Å². The van der Waals surface area contributed by atoms with Crippen molar-refractivity contribution in [3.05, 3.63) is 82.8 Å². The Labute approximate surface area is 168 Å². The second-order valence-corrected chi connectivity index (χ2v) is 7.65. The van der Waals surface area contributed by atoms with Gasteiger partial charge in [0.2, 0.25) is 5.91 Å². The molecule has 0 atom stereocenters. The van der Waals surface area contributed by atoms with Gasteiger partial charge < -0.3 is 5.32 Å². The summed E-state index contributed by atoms with van der Waals surface area (Å²) in [6, 6.07) is 17.3. The minimum atomic E-state index is -0.280. The van der Waals surface area contributed by atoms with E-state index in [-0.39, 0.29) is 18.4 Å². The smallest absolute Gasteiger partial charge is 0.266 e. The lowest BCUT2D eigenvalue weighted by Gasteiger charge is -2.14. The molecule has 0 spiro atoms. The number of anilines is 1. The highest BCUT2D eigenvalue weighted by Gasteiger charge is 2.32. The van der Waals surface area contributed by atoms with Crippen molar-refractivity contribution < 1.29 is 9.59 Å². The molecule has 1 saturated heterocycles. The fourth-order valence-electron chi connectivity index (χ4n) is 2.53. The van der Waals surface area contributed by atoms with Crippen molar-refractivity contribution in [2.75, 3.05) is 11.9 Å². The number of carbonyl (C=O) groups excluding carboxylic acids is 2. The first-order valence-corrected chi connectivity index (χ1v) is 9.59. The number of carbonyl (C=O) groups is 2. The zero-order valence-corrected chi connectivity index (χ0v) is 16.3. The second kappa shape index (κ2) is 8.79. The first-order chi connectivity index (χ1) is 13.0. The van der Waals surface area contributed by atoms with Gasteiger partial charge in [-0.3, -0.25) is 14.5 Å². The Morgan fingerprint density at radius 2 is 1.96 bits per heavy atom. The van der Waals surface area contributed by atoms with Crippen LogP contribution < -0.4 is 5.32 Å². The lowest BCUT2D eigenvalue weighted by Crippen LogP contribution is -2.36. The molecule has 0 aliphatic carbocycles. The Morgan fingerprint density at radius 3 is 2.70 bits per heavy atom. The predicted molar refractivity (Wildman–Crippen MR) is 115 cm³/mol. The number of rotatable bonds is 5. The molecule has 136 valence electrons. The van der Waals surface area contributed by atoms with Gasteiger partial charge in [-0.1, -0.05) is 78.6 Å². The number of thiocarbonyl (C=S) groups is 1. The van der Waals surface area contributed by atoms with Crippen molar-refractivity contribution >= 4 is 51.9 Å². The summed E-state index contributed by atoms with van der Waals surface area (Å²) in [6.45, 7) is 1.85. The van der Waals surface area contributed by atoms with Gasteiger partial charge in [-0.05, 0) is 36.3 Å². The van der Waals surface area contributed by atoms with Crippen LogP contribution >= 0.6 is 24.0 Å². The third-order valence-electron chi connectivity index (χ3n) is 3.81. The van der Waals surface area contributed by atoms with E-state index in [0.717, 1.165) is 11.1 Å². The average molecular weight is 395 g/mol. The quantitative estimate of drug-likeness (QED) is 0.604. The minimum absolute atomic E-state index is 0.0989. The summed E-state index contributed by atoms with van der Waals surface area (Å²) in [6.07, 6.45) is 5.45. The topological polar surface area (TPSA) is 49.4 Å². The Hall–Kier alpha value is -2.70. The molecule has 1 fully saturated rings. The molecular formula is C21H18N2O2S2. The van der Waals surface area contributed by atoms with Crippen LogP contribution in [0.15, 0.2) is 71.7 Å². The molecule has 3 rings (SSSR count). The van der Waals surface area contributed by atoms with E-state index in [4.69, 9.17) is 12.2 Å². The van der Waals surface area contributed by atoms with Crippen molar-refractivity contribution in [2.45, 2.75) is 6.92 Å². The number of aryl methyl sites for hydroxylation is 1. The maximum absolute atomic E-state index is 12.5. The highest BCUT2D eigenvalue weighted by molar-refractivity contribution is 8.26. The SMILES string of the molecule is Cc1cccc(NC(=O)CN2C(=O)/C(=C\C=C\c3ccccc3)SC2=S)c1. The van der Waals surface area contributed by atoms with Gasteiger partial charge in [-0.2, -0.15) is 0 Å². The second-order valence-electron chi connectivity index (χ2n) is 5.98. The summed E-state index contributed by atoms with van der Waals surface area (Å²) < 4.78 is 0.388. The summed E-state index contributed by atoms with van der Waals surface area (Å²) in [5, 5.41) is 2.80. The first kappa shape index (κ1) is 19.1. The molecule has 0 saturated carbocycles. The van der Waals surface area contributed by atoms with Crippen molar-refractivity contribution in [1.29, 1.82) is 0 Å². The van der Waals surface area contributed by atoms with Crippen molar-refractivity contribution in [2.24, 2.45) is 0 Å². The maximum Gasteiger partial charge on any atom is 0.266 e. The molecule has 2 aromatic rings. The highest BCUT2D eigenvalue weighted by atomic mass is 32.2. The molecule has 0 radical (unpaired) electrons. The zero-order chi connectivity index (χ0) is 19.2. The average Bonchev–Trinajstić information content (AvgIpc) is 2.90. The molecule has 0 aromatic heterocycles. The largest absolute Gasteiger partial charge is 0.325 e. The Kier molecular flexibility index (Phi) is 6.21.